The highest BCUT2D eigenvalue weighted by Gasteiger charge is 2.19. The van der Waals surface area contributed by atoms with Gasteiger partial charge in [-0.1, -0.05) is 0 Å². The summed E-state index contributed by atoms with van der Waals surface area (Å²) in [4.78, 5) is 15.4. The zero-order valence-corrected chi connectivity index (χ0v) is 12.2. The Bertz CT molecular complexity index is 442. The summed E-state index contributed by atoms with van der Waals surface area (Å²) in [6.45, 7) is 2.28. The highest BCUT2D eigenvalue weighted by molar-refractivity contribution is 7.91. The first-order chi connectivity index (χ1) is 8.94. The molecule has 0 saturated carbocycles. The molecule has 6 nitrogen and oxygen atoms in total. The number of rotatable bonds is 5. The minimum absolute atomic E-state index is 0.00218. The zero-order chi connectivity index (χ0) is 14.3. The van der Waals surface area contributed by atoms with Gasteiger partial charge in [0.2, 0.25) is 5.91 Å². The van der Waals surface area contributed by atoms with Crippen molar-refractivity contribution in [3.63, 3.8) is 0 Å². The predicted molar refractivity (Wildman–Crippen MR) is 72.2 cm³/mol. The number of hydrogen-bond donors (Lipinski definition) is 0. The second-order valence-electron chi connectivity index (χ2n) is 4.82. The number of nitrogens with zero attached hydrogens (tertiary/aromatic N) is 3. The van der Waals surface area contributed by atoms with Crippen molar-refractivity contribution < 1.29 is 13.2 Å². The Kier molecular flexibility index (Phi) is 6.25. The third-order valence-electron chi connectivity index (χ3n) is 3.27. The standard InChI is InChI=1S/C12H21N3O3S/c1-14(6-2-5-13)12(16)4-8-15-7-3-10-19(17,18)11-9-15/h2-4,6-11H2,1H3. The molecule has 1 aliphatic heterocycles. The predicted octanol–water partition coefficient (Wildman–Crippen LogP) is -0.131. The second-order valence-corrected chi connectivity index (χ2v) is 7.12. The van der Waals surface area contributed by atoms with E-state index >= 15 is 0 Å². The van der Waals surface area contributed by atoms with Gasteiger partial charge in [-0.3, -0.25) is 4.79 Å². The molecule has 19 heavy (non-hydrogen) atoms. The van der Waals surface area contributed by atoms with Crippen LogP contribution >= 0.6 is 0 Å². The smallest absolute Gasteiger partial charge is 0.223 e. The van der Waals surface area contributed by atoms with Crippen LogP contribution in [0, 0.1) is 11.3 Å². The maximum absolute atomic E-state index is 11.8. The second kappa shape index (κ2) is 7.46. The van der Waals surface area contributed by atoms with Crippen LogP contribution in [0.1, 0.15) is 19.3 Å². The molecule has 0 N–H and O–H groups in total. The molecule has 0 aromatic heterocycles. The van der Waals surface area contributed by atoms with Crippen LogP contribution in [0.2, 0.25) is 0 Å². The van der Waals surface area contributed by atoms with Crippen LogP contribution in [0.15, 0.2) is 0 Å². The van der Waals surface area contributed by atoms with E-state index in [1.807, 2.05) is 11.0 Å². The van der Waals surface area contributed by atoms with E-state index in [0.29, 0.717) is 38.9 Å². The SMILES string of the molecule is CN(CCC#N)C(=O)CCN1CCCS(=O)(=O)CC1. The van der Waals surface area contributed by atoms with Crippen LogP contribution in [0.5, 0.6) is 0 Å². The van der Waals surface area contributed by atoms with Gasteiger partial charge in [-0.15, -0.1) is 0 Å². The highest BCUT2D eigenvalue weighted by atomic mass is 32.2. The van der Waals surface area contributed by atoms with E-state index in [1.165, 1.54) is 0 Å². The minimum atomic E-state index is -2.89. The fraction of sp³-hybridized carbons (Fsp3) is 0.833. The van der Waals surface area contributed by atoms with Crippen molar-refractivity contribution in [2.45, 2.75) is 19.3 Å². The normalized spacial score (nSPS) is 19.4. The number of carbonyl (C=O) groups is 1. The van der Waals surface area contributed by atoms with Crippen LogP contribution in [0.3, 0.4) is 0 Å². The van der Waals surface area contributed by atoms with Crippen LogP contribution in [0.25, 0.3) is 0 Å². The van der Waals surface area contributed by atoms with Gasteiger partial charge in [0.15, 0.2) is 9.84 Å². The monoisotopic (exact) mass is 287 g/mol. The Morgan fingerprint density at radius 3 is 2.79 bits per heavy atom. The average molecular weight is 287 g/mol. The van der Waals surface area contributed by atoms with Crippen LogP contribution < -0.4 is 0 Å². The van der Waals surface area contributed by atoms with Gasteiger partial charge in [0.25, 0.3) is 0 Å². The van der Waals surface area contributed by atoms with Crippen LogP contribution in [0.4, 0.5) is 0 Å². The average Bonchev–Trinajstić information content (AvgIpc) is 2.54. The number of sulfone groups is 1. The quantitative estimate of drug-likeness (QED) is 0.703. The Labute approximate surface area is 114 Å². The van der Waals surface area contributed by atoms with Gasteiger partial charge in [0.1, 0.15) is 0 Å². The molecule has 0 radical (unpaired) electrons. The van der Waals surface area contributed by atoms with E-state index in [9.17, 15) is 13.2 Å². The largest absolute Gasteiger partial charge is 0.345 e. The lowest BCUT2D eigenvalue weighted by atomic mass is 10.3. The summed E-state index contributed by atoms with van der Waals surface area (Å²) in [6, 6.07) is 2.01. The zero-order valence-electron chi connectivity index (χ0n) is 11.3. The molecular weight excluding hydrogens is 266 g/mol. The molecule has 0 bridgehead atoms. The maximum atomic E-state index is 11.8. The van der Waals surface area contributed by atoms with Crippen molar-refractivity contribution in [3.8, 4) is 6.07 Å². The Balaban J connectivity index is 2.32. The maximum Gasteiger partial charge on any atom is 0.223 e. The first-order valence-electron chi connectivity index (χ1n) is 6.48. The van der Waals surface area contributed by atoms with Gasteiger partial charge >= 0.3 is 0 Å². The molecule has 1 fully saturated rings. The minimum Gasteiger partial charge on any atom is -0.345 e. The summed E-state index contributed by atoms with van der Waals surface area (Å²) in [6.07, 6.45) is 1.35. The summed E-state index contributed by atoms with van der Waals surface area (Å²) < 4.78 is 22.9. The molecule has 0 spiro atoms. The molecule has 0 aliphatic carbocycles. The van der Waals surface area contributed by atoms with E-state index in [1.54, 1.807) is 11.9 Å². The third kappa shape index (κ3) is 6.03. The van der Waals surface area contributed by atoms with E-state index in [4.69, 9.17) is 5.26 Å². The van der Waals surface area contributed by atoms with E-state index in [0.717, 1.165) is 6.54 Å². The molecule has 0 aromatic rings. The molecule has 0 atom stereocenters. The lowest BCUT2D eigenvalue weighted by molar-refractivity contribution is -0.130. The first kappa shape index (κ1) is 15.9. The summed E-state index contributed by atoms with van der Waals surface area (Å²) in [5.41, 5.74) is 0. The van der Waals surface area contributed by atoms with E-state index in [2.05, 4.69) is 0 Å². The van der Waals surface area contributed by atoms with Crippen molar-refractivity contribution in [2.75, 3.05) is 44.7 Å². The molecule has 0 unspecified atom stereocenters. The molecular formula is C12H21N3O3S. The molecule has 0 aromatic carbocycles. The van der Waals surface area contributed by atoms with Gasteiger partial charge in [-0.2, -0.15) is 5.26 Å². The van der Waals surface area contributed by atoms with Crippen molar-refractivity contribution in [1.29, 1.82) is 5.26 Å². The van der Waals surface area contributed by atoms with Crippen molar-refractivity contribution in [2.24, 2.45) is 0 Å². The number of amides is 1. The van der Waals surface area contributed by atoms with E-state index < -0.39 is 9.84 Å². The third-order valence-corrected chi connectivity index (χ3v) is 4.99. The van der Waals surface area contributed by atoms with E-state index in [-0.39, 0.29) is 17.4 Å². The molecule has 108 valence electrons. The lowest BCUT2D eigenvalue weighted by Gasteiger charge is -2.21. The Hall–Kier alpha value is -1.13. The lowest BCUT2D eigenvalue weighted by Crippen LogP contribution is -2.34. The molecule has 1 aliphatic rings. The molecule has 1 saturated heterocycles. The highest BCUT2D eigenvalue weighted by Crippen LogP contribution is 2.06. The number of nitriles is 1. The van der Waals surface area contributed by atoms with Crippen LogP contribution in [-0.4, -0.2) is 68.9 Å². The molecule has 1 amide bonds. The number of hydrogen-bond acceptors (Lipinski definition) is 5. The van der Waals surface area contributed by atoms with Crippen molar-refractivity contribution >= 4 is 15.7 Å². The first-order valence-corrected chi connectivity index (χ1v) is 8.30. The fourth-order valence-corrected chi connectivity index (χ4v) is 3.31. The van der Waals surface area contributed by atoms with Gasteiger partial charge in [0, 0.05) is 33.1 Å². The number of carbonyl (C=O) groups excluding carboxylic acids is 1. The van der Waals surface area contributed by atoms with Gasteiger partial charge in [-0.25, -0.2) is 8.42 Å². The Morgan fingerprint density at radius 1 is 1.37 bits per heavy atom. The van der Waals surface area contributed by atoms with Gasteiger partial charge < -0.3 is 9.80 Å². The van der Waals surface area contributed by atoms with Crippen LogP contribution in [-0.2, 0) is 14.6 Å². The summed E-state index contributed by atoms with van der Waals surface area (Å²) in [5.74, 6) is 0.438. The van der Waals surface area contributed by atoms with Gasteiger partial charge in [0.05, 0.1) is 24.0 Å². The summed E-state index contributed by atoms with van der Waals surface area (Å²) in [7, 11) is -1.21. The van der Waals surface area contributed by atoms with Crippen molar-refractivity contribution in [3.05, 3.63) is 0 Å². The van der Waals surface area contributed by atoms with Crippen molar-refractivity contribution in [1.82, 2.24) is 9.80 Å². The Morgan fingerprint density at radius 2 is 2.11 bits per heavy atom. The fourth-order valence-electron chi connectivity index (χ4n) is 2.00. The molecule has 7 heteroatoms. The summed E-state index contributed by atoms with van der Waals surface area (Å²) >= 11 is 0. The molecule has 1 rings (SSSR count). The molecule has 1 heterocycles. The van der Waals surface area contributed by atoms with Gasteiger partial charge in [-0.05, 0) is 13.0 Å². The summed E-state index contributed by atoms with van der Waals surface area (Å²) in [5, 5.41) is 8.46. The topological polar surface area (TPSA) is 81.5 Å².